The first-order valence-corrected chi connectivity index (χ1v) is 12.3. The van der Waals surface area contributed by atoms with E-state index in [1.807, 2.05) is 62.6 Å². The molecule has 0 aliphatic carbocycles. The highest BCUT2D eigenvalue weighted by Gasteiger charge is 2.14. The van der Waals surface area contributed by atoms with Crippen LogP contribution in [0.1, 0.15) is 39.9 Å². The third-order valence-corrected chi connectivity index (χ3v) is 5.91. The van der Waals surface area contributed by atoms with E-state index in [9.17, 15) is 4.79 Å². The fourth-order valence-electron chi connectivity index (χ4n) is 4.06. The summed E-state index contributed by atoms with van der Waals surface area (Å²) in [6.45, 7) is 4.52. The van der Waals surface area contributed by atoms with Gasteiger partial charge in [-0.1, -0.05) is 60.7 Å². The maximum absolute atomic E-state index is 13.4. The van der Waals surface area contributed by atoms with Crippen molar-refractivity contribution in [3.63, 3.8) is 0 Å². The number of rotatable bonds is 12. The molecule has 0 spiro atoms. The molecule has 0 heterocycles. The van der Waals surface area contributed by atoms with Gasteiger partial charge in [0.1, 0.15) is 5.75 Å². The minimum Gasteiger partial charge on any atom is -0.493 e. The minimum atomic E-state index is -0.0524. The van der Waals surface area contributed by atoms with Gasteiger partial charge in [0.15, 0.2) is 5.78 Å². The number of ketones is 1. The Balaban J connectivity index is 1.88. The van der Waals surface area contributed by atoms with Crippen LogP contribution in [0.15, 0.2) is 72.8 Å². The molecule has 3 rings (SSSR count). The lowest BCUT2D eigenvalue weighted by Crippen LogP contribution is -2.14. The van der Waals surface area contributed by atoms with E-state index in [-0.39, 0.29) is 5.78 Å². The molecule has 0 unspecified atom stereocenters. The molecule has 3 aromatic rings. The first kappa shape index (κ1) is 26.4. The van der Waals surface area contributed by atoms with Crippen LogP contribution in [0, 0.1) is 6.92 Å². The predicted octanol–water partition coefficient (Wildman–Crippen LogP) is 6.34. The van der Waals surface area contributed by atoms with Gasteiger partial charge in [-0.25, -0.2) is 0 Å². The van der Waals surface area contributed by atoms with Crippen LogP contribution in [0.3, 0.4) is 0 Å². The number of aryl methyl sites for hydroxylation is 1. The number of hydrogen-bond acceptors (Lipinski definition) is 4. The fraction of sp³-hybridized carbons (Fsp3) is 0.323. The van der Waals surface area contributed by atoms with Crippen molar-refractivity contribution >= 4 is 11.9 Å². The molecule has 4 nitrogen and oxygen atoms in total. The molecular formula is C31H38N2O2. The van der Waals surface area contributed by atoms with E-state index in [1.165, 1.54) is 11.1 Å². The summed E-state index contributed by atoms with van der Waals surface area (Å²) in [7, 11) is 8.24. The highest BCUT2D eigenvalue weighted by molar-refractivity contribution is 6.09. The van der Waals surface area contributed by atoms with Gasteiger partial charge < -0.3 is 14.5 Å². The number of carbonyl (C=O) groups excluding carboxylic acids is 1. The summed E-state index contributed by atoms with van der Waals surface area (Å²) < 4.78 is 6.11. The Bertz CT molecular complexity index is 1150. The summed E-state index contributed by atoms with van der Waals surface area (Å²) in [5.41, 5.74) is 6.16. The van der Waals surface area contributed by atoms with Crippen molar-refractivity contribution in [2.45, 2.75) is 26.3 Å². The lowest BCUT2D eigenvalue weighted by atomic mass is 9.96. The number of benzene rings is 3. The molecule has 0 fully saturated rings. The molecule has 4 heteroatoms. The Hall–Kier alpha value is -3.21. The summed E-state index contributed by atoms with van der Waals surface area (Å²) in [6, 6.07) is 22.4. The first-order valence-electron chi connectivity index (χ1n) is 12.3. The summed E-state index contributed by atoms with van der Waals surface area (Å²) in [5.74, 6) is 0.590. The van der Waals surface area contributed by atoms with E-state index < -0.39 is 0 Å². The van der Waals surface area contributed by atoms with Crippen LogP contribution in [0.5, 0.6) is 5.75 Å². The Kier molecular flexibility index (Phi) is 9.83. The van der Waals surface area contributed by atoms with Crippen LogP contribution in [-0.2, 0) is 6.54 Å². The van der Waals surface area contributed by atoms with Crippen molar-refractivity contribution in [3.8, 4) is 16.9 Å². The highest BCUT2D eigenvalue weighted by atomic mass is 16.5. The Morgan fingerprint density at radius 3 is 2.37 bits per heavy atom. The summed E-state index contributed by atoms with van der Waals surface area (Å²) in [6.07, 6.45) is 5.59. The van der Waals surface area contributed by atoms with Crippen molar-refractivity contribution in [2.24, 2.45) is 0 Å². The lowest BCUT2D eigenvalue weighted by molar-refractivity contribution is 0.104. The van der Waals surface area contributed by atoms with Gasteiger partial charge >= 0.3 is 0 Å². The average molecular weight is 471 g/mol. The van der Waals surface area contributed by atoms with E-state index in [0.29, 0.717) is 17.9 Å². The van der Waals surface area contributed by atoms with Gasteiger partial charge in [-0.2, -0.15) is 0 Å². The van der Waals surface area contributed by atoms with Crippen molar-refractivity contribution in [3.05, 3.63) is 95.1 Å². The van der Waals surface area contributed by atoms with Crippen LogP contribution in [0.2, 0.25) is 0 Å². The number of unbranched alkanes of at least 4 members (excludes halogenated alkanes) is 1. The molecule has 0 N–H and O–H groups in total. The maximum atomic E-state index is 13.4. The third-order valence-electron chi connectivity index (χ3n) is 5.91. The second-order valence-corrected chi connectivity index (χ2v) is 9.52. The van der Waals surface area contributed by atoms with Crippen LogP contribution in [0.4, 0.5) is 0 Å². The molecule has 0 bridgehead atoms. The molecule has 0 radical (unpaired) electrons. The summed E-state index contributed by atoms with van der Waals surface area (Å²) >= 11 is 0. The van der Waals surface area contributed by atoms with Crippen LogP contribution >= 0.6 is 0 Å². The molecule has 0 aliphatic rings. The molecule has 0 saturated carbocycles. The van der Waals surface area contributed by atoms with Crippen LogP contribution in [0.25, 0.3) is 17.2 Å². The predicted molar refractivity (Wildman–Crippen MR) is 147 cm³/mol. The van der Waals surface area contributed by atoms with E-state index >= 15 is 0 Å². The molecule has 0 aliphatic heterocycles. The highest BCUT2D eigenvalue weighted by Crippen LogP contribution is 2.30. The van der Waals surface area contributed by atoms with Crippen molar-refractivity contribution in [2.75, 3.05) is 41.3 Å². The lowest BCUT2D eigenvalue weighted by Gasteiger charge is -2.14. The fourth-order valence-corrected chi connectivity index (χ4v) is 4.06. The zero-order valence-corrected chi connectivity index (χ0v) is 21.8. The molecule has 35 heavy (non-hydrogen) atoms. The van der Waals surface area contributed by atoms with E-state index in [2.05, 4.69) is 55.1 Å². The zero-order valence-electron chi connectivity index (χ0n) is 21.8. The van der Waals surface area contributed by atoms with Crippen LogP contribution < -0.4 is 4.74 Å². The Morgan fingerprint density at radius 1 is 0.886 bits per heavy atom. The first-order chi connectivity index (χ1) is 16.8. The molecule has 0 aromatic heterocycles. The maximum Gasteiger partial charge on any atom is 0.189 e. The van der Waals surface area contributed by atoms with Gasteiger partial charge in [-0.15, -0.1) is 0 Å². The number of allylic oxidation sites excluding steroid dienone is 1. The van der Waals surface area contributed by atoms with Gasteiger partial charge in [-0.05, 0) is 101 Å². The number of carbonyl (C=O) groups is 1. The number of ether oxygens (including phenoxy) is 1. The standard InChI is InChI=1S/C31H38N2O2/c1-24-12-6-9-15-28(24)26-17-19-31(35-21-11-10-20-32(2)3)29(22-26)30(34)18-16-25-13-7-8-14-27(25)23-33(4)5/h6-9,12-19,22H,10-11,20-21,23H2,1-5H3. The molecule has 0 amide bonds. The van der Waals surface area contributed by atoms with Gasteiger partial charge in [0, 0.05) is 6.54 Å². The average Bonchev–Trinajstić information content (AvgIpc) is 2.83. The van der Waals surface area contributed by atoms with Crippen LogP contribution in [-0.4, -0.2) is 56.9 Å². The van der Waals surface area contributed by atoms with Crippen molar-refractivity contribution in [1.29, 1.82) is 0 Å². The molecular weight excluding hydrogens is 432 g/mol. The zero-order chi connectivity index (χ0) is 25.2. The molecule has 3 aromatic carbocycles. The van der Waals surface area contributed by atoms with Gasteiger partial charge in [-0.3, -0.25) is 4.79 Å². The number of hydrogen-bond donors (Lipinski definition) is 0. The topological polar surface area (TPSA) is 32.8 Å². The second-order valence-electron chi connectivity index (χ2n) is 9.52. The smallest absolute Gasteiger partial charge is 0.189 e. The van der Waals surface area contributed by atoms with Gasteiger partial charge in [0.2, 0.25) is 0 Å². The molecule has 184 valence electrons. The Morgan fingerprint density at radius 2 is 1.63 bits per heavy atom. The van der Waals surface area contributed by atoms with Crippen molar-refractivity contribution < 1.29 is 9.53 Å². The van der Waals surface area contributed by atoms with E-state index in [0.717, 1.165) is 42.6 Å². The van der Waals surface area contributed by atoms with Gasteiger partial charge in [0.05, 0.1) is 12.2 Å². The van der Waals surface area contributed by atoms with Crippen molar-refractivity contribution in [1.82, 2.24) is 9.80 Å². The largest absolute Gasteiger partial charge is 0.493 e. The van der Waals surface area contributed by atoms with E-state index in [4.69, 9.17) is 4.74 Å². The quantitative estimate of drug-likeness (QED) is 0.176. The normalized spacial score (nSPS) is 11.5. The number of nitrogens with zero attached hydrogens (tertiary/aromatic N) is 2. The molecule has 0 atom stereocenters. The molecule has 0 saturated heterocycles. The third kappa shape index (κ3) is 7.91. The van der Waals surface area contributed by atoms with E-state index in [1.54, 1.807) is 6.08 Å². The second kappa shape index (κ2) is 13.0. The Labute approximate surface area is 210 Å². The minimum absolute atomic E-state index is 0.0524. The summed E-state index contributed by atoms with van der Waals surface area (Å²) in [4.78, 5) is 17.7. The summed E-state index contributed by atoms with van der Waals surface area (Å²) in [5, 5.41) is 0. The monoisotopic (exact) mass is 470 g/mol. The van der Waals surface area contributed by atoms with Gasteiger partial charge in [0.25, 0.3) is 0 Å². The SMILES string of the molecule is Cc1ccccc1-c1ccc(OCCCCN(C)C)c(C(=O)C=Cc2ccccc2CN(C)C)c1.